The van der Waals surface area contributed by atoms with E-state index in [9.17, 15) is 4.79 Å². The zero-order chi connectivity index (χ0) is 15.9. The minimum Gasteiger partial charge on any atom is -0.301 e. The molecule has 0 N–H and O–H groups in total. The smallest absolute Gasteiger partial charge is 0.191 e. The van der Waals surface area contributed by atoms with Gasteiger partial charge >= 0.3 is 0 Å². The van der Waals surface area contributed by atoms with Crippen LogP contribution in [0.3, 0.4) is 0 Å². The second-order valence-corrected chi connectivity index (χ2v) is 6.88. The molecule has 0 bridgehead atoms. The molecule has 0 amide bonds. The summed E-state index contributed by atoms with van der Waals surface area (Å²) in [4.78, 5) is 12.3. The molecule has 0 aliphatic rings. The highest BCUT2D eigenvalue weighted by atomic mass is 32.2. The molecule has 0 radical (unpaired) electrons. The fourth-order valence-corrected chi connectivity index (χ4v) is 3.40. The molecule has 22 heavy (non-hydrogen) atoms. The van der Waals surface area contributed by atoms with Crippen LogP contribution in [0.4, 0.5) is 0 Å². The number of thioether (sulfide) groups is 2. The van der Waals surface area contributed by atoms with Crippen LogP contribution in [0.5, 0.6) is 0 Å². The average Bonchev–Trinajstić information content (AvgIpc) is 2.87. The first-order valence-electron chi connectivity index (χ1n) is 6.95. The van der Waals surface area contributed by atoms with Crippen LogP contribution in [-0.4, -0.2) is 26.3 Å². The van der Waals surface area contributed by atoms with E-state index in [1.54, 1.807) is 18.7 Å². The van der Waals surface area contributed by atoms with Crippen molar-refractivity contribution in [2.75, 3.05) is 5.75 Å². The molecule has 4 nitrogen and oxygen atoms in total. The van der Waals surface area contributed by atoms with Gasteiger partial charge in [0.25, 0.3) is 0 Å². The standard InChI is InChI=1S/C16H19N3OS2/c1-4-9-19-15(17-18-16(19)22-10-13(3)20)11-21-14-7-5-12(2)6-8-14/h4-8H,1,9-11H2,2-3H3. The number of carbonyl (C=O) groups is 1. The maximum Gasteiger partial charge on any atom is 0.191 e. The summed E-state index contributed by atoms with van der Waals surface area (Å²) in [5, 5.41) is 9.23. The number of hydrogen-bond donors (Lipinski definition) is 0. The van der Waals surface area contributed by atoms with Gasteiger partial charge in [0.2, 0.25) is 0 Å². The van der Waals surface area contributed by atoms with E-state index in [1.165, 1.54) is 22.2 Å². The van der Waals surface area contributed by atoms with Gasteiger partial charge in [-0.3, -0.25) is 4.79 Å². The summed E-state index contributed by atoms with van der Waals surface area (Å²) in [5.41, 5.74) is 1.25. The molecule has 2 rings (SSSR count). The van der Waals surface area contributed by atoms with Crippen molar-refractivity contribution in [3.05, 3.63) is 48.3 Å². The van der Waals surface area contributed by atoms with Gasteiger partial charge in [-0.15, -0.1) is 28.5 Å². The number of hydrogen-bond acceptors (Lipinski definition) is 5. The van der Waals surface area contributed by atoms with E-state index in [4.69, 9.17) is 0 Å². The van der Waals surface area contributed by atoms with Crippen LogP contribution in [-0.2, 0) is 17.1 Å². The van der Waals surface area contributed by atoms with Crippen LogP contribution in [0.15, 0.2) is 47.0 Å². The van der Waals surface area contributed by atoms with Gasteiger partial charge in [0.1, 0.15) is 11.6 Å². The Kier molecular flexibility index (Phi) is 6.27. The molecule has 0 saturated heterocycles. The zero-order valence-corrected chi connectivity index (χ0v) is 14.4. The summed E-state index contributed by atoms with van der Waals surface area (Å²) >= 11 is 3.15. The topological polar surface area (TPSA) is 47.8 Å². The van der Waals surface area contributed by atoms with Crippen LogP contribution < -0.4 is 0 Å². The monoisotopic (exact) mass is 333 g/mol. The molecular weight excluding hydrogens is 314 g/mol. The molecule has 0 spiro atoms. The van der Waals surface area contributed by atoms with E-state index in [1.807, 2.05) is 10.6 Å². The second kappa shape index (κ2) is 8.19. The Bertz CT molecular complexity index is 650. The molecule has 0 saturated carbocycles. The highest BCUT2D eigenvalue weighted by Crippen LogP contribution is 2.25. The predicted molar refractivity (Wildman–Crippen MR) is 92.4 cm³/mol. The molecule has 6 heteroatoms. The molecule has 1 heterocycles. The summed E-state index contributed by atoms with van der Waals surface area (Å²) < 4.78 is 2.02. The summed E-state index contributed by atoms with van der Waals surface area (Å²) in [6.07, 6.45) is 1.82. The lowest BCUT2D eigenvalue weighted by molar-refractivity contribution is -0.114. The molecular formula is C16H19N3OS2. The quantitative estimate of drug-likeness (QED) is 0.544. The van der Waals surface area contributed by atoms with Gasteiger partial charge in [-0.25, -0.2) is 0 Å². The van der Waals surface area contributed by atoms with Crippen LogP contribution in [0.2, 0.25) is 0 Å². The third-order valence-corrected chi connectivity index (χ3v) is 5.02. The van der Waals surface area contributed by atoms with Gasteiger partial charge in [-0.1, -0.05) is 35.5 Å². The SMILES string of the molecule is C=CCn1c(CSc2ccc(C)cc2)nnc1SCC(C)=O. The van der Waals surface area contributed by atoms with Gasteiger partial charge in [-0.05, 0) is 26.0 Å². The van der Waals surface area contributed by atoms with E-state index < -0.39 is 0 Å². The van der Waals surface area contributed by atoms with Gasteiger partial charge < -0.3 is 4.57 Å². The third kappa shape index (κ3) is 4.74. The molecule has 1 aromatic heterocycles. The summed E-state index contributed by atoms with van der Waals surface area (Å²) in [5.74, 6) is 2.19. The highest BCUT2D eigenvalue weighted by molar-refractivity contribution is 7.99. The van der Waals surface area contributed by atoms with Crippen LogP contribution in [0, 0.1) is 6.92 Å². The number of rotatable bonds is 8. The van der Waals surface area contributed by atoms with Gasteiger partial charge in [0.05, 0.1) is 11.5 Å². The van der Waals surface area contributed by atoms with E-state index in [0.717, 1.165) is 16.7 Å². The predicted octanol–water partition coefficient (Wildman–Crippen LogP) is 3.75. The number of nitrogens with zero attached hydrogens (tertiary/aromatic N) is 3. The number of ketones is 1. The Hall–Kier alpha value is -1.53. The van der Waals surface area contributed by atoms with Gasteiger partial charge in [-0.2, -0.15) is 0 Å². The number of benzene rings is 1. The molecule has 116 valence electrons. The van der Waals surface area contributed by atoms with Crippen molar-refractivity contribution in [3.8, 4) is 0 Å². The molecule has 2 aromatic rings. The lowest BCUT2D eigenvalue weighted by Gasteiger charge is -2.07. The van der Waals surface area contributed by atoms with Crippen LogP contribution in [0.1, 0.15) is 18.3 Å². The number of allylic oxidation sites excluding steroid dienone is 1. The Morgan fingerprint density at radius 2 is 2.00 bits per heavy atom. The summed E-state index contributed by atoms with van der Waals surface area (Å²) in [7, 11) is 0. The van der Waals surface area contributed by atoms with E-state index >= 15 is 0 Å². The van der Waals surface area contributed by atoms with Crippen molar-refractivity contribution < 1.29 is 4.79 Å². The second-order valence-electron chi connectivity index (χ2n) is 4.89. The van der Waals surface area contributed by atoms with Crippen molar-refractivity contribution in [1.82, 2.24) is 14.8 Å². The molecule has 1 aromatic carbocycles. The minimum absolute atomic E-state index is 0.133. The first kappa shape index (κ1) is 16.8. The fourth-order valence-electron chi connectivity index (χ4n) is 1.79. The molecule has 0 aliphatic heterocycles. The van der Waals surface area contributed by atoms with Crippen molar-refractivity contribution >= 4 is 29.3 Å². The molecule has 0 aliphatic carbocycles. The maximum atomic E-state index is 11.1. The van der Waals surface area contributed by atoms with Crippen molar-refractivity contribution in [2.24, 2.45) is 0 Å². The summed E-state index contributed by atoms with van der Waals surface area (Å²) in [6, 6.07) is 8.43. The first-order valence-corrected chi connectivity index (χ1v) is 8.92. The summed E-state index contributed by atoms with van der Waals surface area (Å²) in [6.45, 7) is 8.09. The fraction of sp³-hybridized carbons (Fsp3) is 0.312. The van der Waals surface area contributed by atoms with E-state index in [2.05, 4.69) is 48.0 Å². The van der Waals surface area contributed by atoms with E-state index in [0.29, 0.717) is 12.3 Å². The lowest BCUT2D eigenvalue weighted by atomic mass is 10.2. The Balaban J connectivity index is 2.07. The van der Waals surface area contributed by atoms with Crippen molar-refractivity contribution in [3.63, 3.8) is 0 Å². The zero-order valence-electron chi connectivity index (χ0n) is 12.8. The normalized spacial score (nSPS) is 10.6. The van der Waals surface area contributed by atoms with E-state index in [-0.39, 0.29) is 5.78 Å². The highest BCUT2D eigenvalue weighted by Gasteiger charge is 2.12. The van der Waals surface area contributed by atoms with Crippen molar-refractivity contribution in [1.29, 1.82) is 0 Å². The van der Waals surface area contributed by atoms with Gasteiger partial charge in [0, 0.05) is 11.4 Å². The number of Topliss-reactive ketones (excluding diaryl/α,β-unsaturated/α-hetero) is 1. The van der Waals surface area contributed by atoms with Gasteiger partial charge in [0.15, 0.2) is 5.16 Å². The molecule has 0 fully saturated rings. The van der Waals surface area contributed by atoms with Crippen molar-refractivity contribution in [2.45, 2.75) is 36.2 Å². The number of carbonyl (C=O) groups excluding carboxylic acids is 1. The van der Waals surface area contributed by atoms with Crippen LogP contribution in [0.25, 0.3) is 0 Å². The number of aryl methyl sites for hydroxylation is 1. The van der Waals surface area contributed by atoms with Crippen LogP contribution >= 0.6 is 23.5 Å². The average molecular weight is 333 g/mol. The number of aromatic nitrogens is 3. The molecule has 0 unspecified atom stereocenters. The largest absolute Gasteiger partial charge is 0.301 e. The maximum absolute atomic E-state index is 11.1. The third-order valence-electron chi connectivity index (χ3n) is 2.90. The molecule has 0 atom stereocenters. The lowest BCUT2D eigenvalue weighted by Crippen LogP contribution is -2.04. The Morgan fingerprint density at radius 1 is 1.27 bits per heavy atom. The minimum atomic E-state index is 0.133. The first-order chi connectivity index (χ1) is 10.6. The Morgan fingerprint density at radius 3 is 2.64 bits per heavy atom. The Labute approximate surface area is 139 Å².